The third-order valence-corrected chi connectivity index (χ3v) is 2.75. The summed E-state index contributed by atoms with van der Waals surface area (Å²) in [6.07, 6.45) is 0.234. The van der Waals surface area contributed by atoms with E-state index in [0.717, 1.165) is 18.9 Å². The van der Waals surface area contributed by atoms with E-state index in [-0.39, 0.29) is 6.10 Å². The van der Waals surface area contributed by atoms with Crippen LogP contribution in [0, 0.1) is 0 Å². The van der Waals surface area contributed by atoms with Crippen molar-refractivity contribution in [2.24, 2.45) is 0 Å². The van der Waals surface area contributed by atoms with Gasteiger partial charge in [0, 0.05) is 19.2 Å². The van der Waals surface area contributed by atoms with E-state index in [4.69, 9.17) is 9.47 Å². The van der Waals surface area contributed by atoms with E-state index in [1.807, 2.05) is 18.2 Å². The molecule has 3 heteroatoms. The Balaban J connectivity index is 1.96. The molecule has 0 aliphatic carbocycles. The maximum Gasteiger partial charge on any atom is 0.124 e. The maximum atomic E-state index is 5.57. The van der Waals surface area contributed by atoms with Gasteiger partial charge in [-0.2, -0.15) is 0 Å². The minimum atomic E-state index is 0.234. The summed E-state index contributed by atoms with van der Waals surface area (Å²) in [6, 6.07) is 8.47. The van der Waals surface area contributed by atoms with E-state index in [1.54, 1.807) is 7.11 Å². The van der Waals surface area contributed by atoms with Crippen molar-refractivity contribution in [3.05, 3.63) is 29.8 Å². The van der Waals surface area contributed by atoms with E-state index in [2.05, 4.69) is 18.3 Å². The quantitative estimate of drug-likeness (QED) is 0.815. The van der Waals surface area contributed by atoms with Gasteiger partial charge in [-0.05, 0) is 13.0 Å². The molecule has 15 heavy (non-hydrogen) atoms. The topological polar surface area (TPSA) is 30.5 Å². The molecule has 2 unspecified atom stereocenters. The Morgan fingerprint density at radius 3 is 3.13 bits per heavy atom. The molecule has 1 aliphatic rings. The number of para-hydroxylation sites is 1. The zero-order chi connectivity index (χ0) is 10.7. The molecule has 1 aliphatic heterocycles. The molecule has 2 atom stereocenters. The molecule has 0 saturated heterocycles. The van der Waals surface area contributed by atoms with Crippen LogP contribution >= 0.6 is 0 Å². The van der Waals surface area contributed by atoms with Gasteiger partial charge in [-0.15, -0.1) is 0 Å². The van der Waals surface area contributed by atoms with Crippen LogP contribution in [0.5, 0.6) is 5.75 Å². The van der Waals surface area contributed by atoms with Crippen molar-refractivity contribution in [3.63, 3.8) is 0 Å². The van der Waals surface area contributed by atoms with Gasteiger partial charge in [-0.25, -0.2) is 0 Å². The van der Waals surface area contributed by atoms with Crippen LogP contribution in [0.4, 0.5) is 0 Å². The van der Waals surface area contributed by atoms with Crippen LogP contribution in [0.3, 0.4) is 0 Å². The Morgan fingerprint density at radius 1 is 1.53 bits per heavy atom. The van der Waals surface area contributed by atoms with E-state index < -0.39 is 0 Å². The smallest absolute Gasteiger partial charge is 0.124 e. The van der Waals surface area contributed by atoms with Crippen LogP contribution in [0.2, 0.25) is 0 Å². The molecule has 1 aromatic carbocycles. The SMILES string of the molecule is COC(C)CNC1COc2ccccc21. The molecule has 2 rings (SSSR count). The van der Waals surface area contributed by atoms with Crippen LogP contribution in [-0.4, -0.2) is 26.4 Å². The highest BCUT2D eigenvalue weighted by Crippen LogP contribution is 2.31. The largest absolute Gasteiger partial charge is 0.491 e. The van der Waals surface area contributed by atoms with Gasteiger partial charge in [0.25, 0.3) is 0 Å². The molecule has 0 saturated carbocycles. The summed E-state index contributed by atoms with van der Waals surface area (Å²) >= 11 is 0. The van der Waals surface area contributed by atoms with Crippen LogP contribution in [0.25, 0.3) is 0 Å². The Labute approximate surface area is 90.4 Å². The van der Waals surface area contributed by atoms with E-state index in [9.17, 15) is 0 Å². The molecule has 82 valence electrons. The van der Waals surface area contributed by atoms with Crippen molar-refractivity contribution in [1.82, 2.24) is 5.32 Å². The third kappa shape index (κ3) is 2.30. The van der Waals surface area contributed by atoms with Crippen LogP contribution in [-0.2, 0) is 4.74 Å². The second-order valence-corrected chi connectivity index (χ2v) is 3.86. The van der Waals surface area contributed by atoms with Gasteiger partial charge in [0.15, 0.2) is 0 Å². The Hall–Kier alpha value is -1.06. The lowest BCUT2D eigenvalue weighted by Gasteiger charge is -2.15. The lowest BCUT2D eigenvalue weighted by Crippen LogP contribution is -2.30. The highest BCUT2D eigenvalue weighted by molar-refractivity contribution is 5.39. The first-order valence-electron chi connectivity index (χ1n) is 5.29. The summed E-state index contributed by atoms with van der Waals surface area (Å²) in [6.45, 7) is 3.61. The van der Waals surface area contributed by atoms with Gasteiger partial charge in [0.05, 0.1) is 12.1 Å². The molecule has 1 aromatic rings. The molecular weight excluding hydrogens is 190 g/mol. The summed E-state index contributed by atoms with van der Waals surface area (Å²) < 4.78 is 10.8. The number of hydrogen-bond donors (Lipinski definition) is 1. The lowest BCUT2D eigenvalue weighted by atomic mass is 10.1. The Morgan fingerprint density at radius 2 is 2.33 bits per heavy atom. The number of benzene rings is 1. The highest BCUT2D eigenvalue weighted by Gasteiger charge is 2.23. The monoisotopic (exact) mass is 207 g/mol. The van der Waals surface area contributed by atoms with Crippen molar-refractivity contribution in [2.45, 2.75) is 19.1 Å². The van der Waals surface area contributed by atoms with Gasteiger partial charge in [-0.1, -0.05) is 18.2 Å². The average molecular weight is 207 g/mol. The molecule has 0 spiro atoms. The zero-order valence-electron chi connectivity index (χ0n) is 9.19. The molecular formula is C12H17NO2. The second kappa shape index (κ2) is 4.64. The summed E-state index contributed by atoms with van der Waals surface area (Å²) in [7, 11) is 1.73. The number of hydrogen-bond acceptors (Lipinski definition) is 3. The summed E-state index contributed by atoms with van der Waals surface area (Å²) in [4.78, 5) is 0. The number of nitrogens with one attached hydrogen (secondary N) is 1. The summed E-state index contributed by atoms with van der Waals surface area (Å²) in [5, 5.41) is 3.44. The van der Waals surface area contributed by atoms with Gasteiger partial charge in [0.1, 0.15) is 12.4 Å². The normalized spacial score (nSPS) is 20.8. The average Bonchev–Trinajstić information content (AvgIpc) is 2.69. The number of ether oxygens (including phenoxy) is 2. The standard InChI is InChI=1S/C12H17NO2/c1-9(14-2)7-13-11-8-15-12-6-4-3-5-10(11)12/h3-6,9,11,13H,7-8H2,1-2H3. The van der Waals surface area contributed by atoms with Crippen LogP contribution in [0.1, 0.15) is 18.5 Å². The van der Waals surface area contributed by atoms with Crippen molar-refractivity contribution in [2.75, 3.05) is 20.3 Å². The predicted octanol–water partition coefficient (Wildman–Crippen LogP) is 1.74. The fourth-order valence-electron chi connectivity index (χ4n) is 1.72. The first-order valence-corrected chi connectivity index (χ1v) is 5.29. The number of rotatable bonds is 4. The summed E-state index contributed by atoms with van der Waals surface area (Å²) in [5.74, 6) is 1.00. The predicted molar refractivity (Wildman–Crippen MR) is 59.2 cm³/mol. The molecule has 0 radical (unpaired) electrons. The van der Waals surface area contributed by atoms with Gasteiger partial charge < -0.3 is 14.8 Å². The fraction of sp³-hybridized carbons (Fsp3) is 0.500. The number of methoxy groups -OCH3 is 1. The molecule has 1 N–H and O–H groups in total. The van der Waals surface area contributed by atoms with Crippen LogP contribution in [0.15, 0.2) is 24.3 Å². The van der Waals surface area contributed by atoms with E-state index in [1.165, 1.54) is 5.56 Å². The third-order valence-electron chi connectivity index (χ3n) is 2.75. The molecule has 0 aromatic heterocycles. The lowest BCUT2D eigenvalue weighted by molar-refractivity contribution is 0.113. The number of fused-ring (bicyclic) bond motifs is 1. The minimum absolute atomic E-state index is 0.234. The molecule has 3 nitrogen and oxygen atoms in total. The maximum absolute atomic E-state index is 5.57. The minimum Gasteiger partial charge on any atom is -0.491 e. The highest BCUT2D eigenvalue weighted by atomic mass is 16.5. The Bertz CT molecular complexity index is 327. The van der Waals surface area contributed by atoms with E-state index in [0.29, 0.717) is 6.04 Å². The zero-order valence-corrected chi connectivity index (χ0v) is 9.19. The van der Waals surface area contributed by atoms with E-state index >= 15 is 0 Å². The van der Waals surface area contributed by atoms with Crippen molar-refractivity contribution in [1.29, 1.82) is 0 Å². The van der Waals surface area contributed by atoms with Gasteiger partial charge in [0.2, 0.25) is 0 Å². The summed E-state index contributed by atoms with van der Waals surface area (Å²) in [5.41, 5.74) is 1.25. The molecule has 0 fully saturated rings. The van der Waals surface area contributed by atoms with Gasteiger partial charge in [-0.3, -0.25) is 0 Å². The molecule has 0 bridgehead atoms. The molecule has 0 amide bonds. The second-order valence-electron chi connectivity index (χ2n) is 3.86. The van der Waals surface area contributed by atoms with Crippen LogP contribution < -0.4 is 10.1 Å². The first kappa shape index (κ1) is 10.5. The van der Waals surface area contributed by atoms with Crippen molar-refractivity contribution >= 4 is 0 Å². The Kier molecular flexibility index (Phi) is 3.23. The molecule has 1 heterocycles. The van der Waals surface area contributed by atoms with Crippen molar-refractivity contribution < 1.29 is 9.47 Å². The van der Waals surface area contributed by atoms with Gasteiger partial charge >= 0.3 is 0 Å². The first-order chi connectivity index (χ1) is 7.31. The fourth-order valence-corrected chi connectivity index (χ4v) is 1.72. The van der Waals surface area contributed by atoms with Crippen molar-refractivity contribution in [3.8, 4) is 5.75 Å².